The molecule has 3 nitrogen and oxygen atoms in total. The Kier molecular flexibility index (Phi) is 3.93. The molecule has 1 unspecified atom stereocenters. The second-order valence-electron chi connectivity index (χ2n) is 4.40. The fourth-order valence-corrected chi connectivity index (χ4v) is 1.68. The van der Waals surface area contributed by atoms with Gasteiger partial charge in [0.2, 0.25) is 0 Å². The maximum absolute atomic E-state index is 11.6. The number of nitrogens with one attached hydrogen (secondary N) is 1. The fraction of sp³-hybridized carbons (Fsp3) is 0.909. The summed E-state index contributed by atoms with van der Waals surface area (Å²) in [5.41, 5.74) is -0.480. The van der Waals surface area contributed by atoms with Crippen LogP contribution < -0.4 is 5.32 Å². The van der Waals surface area contributed by atoms with E-state index in [0.717, 1.165) is 25.3 Å². The molecule has 1 saturated carbocycles. The van der Waals surface area contributed by atoms with Gasteiger partial charge in [-0.15, -0.1) is 0 Å². The summed E-state index contributed by atoms with van der Waals surface area (Å²) in [7, 11) is 1.45. The highest BCUT2D eigenvalue weighted by atomic mass is 16.5. The van der Waals surface area contributed by atoms with Crippen LogP contribution in [0, 0.1) is 5.92 Å². The quantitative estimate of drug-likeness (QED) is 0.662. The monoisotopic (exact) mass is 199 g/mol. The number of carbonyl (C=O) groups is 1. The van der Waals surface area contributed by atoms with Crippen molar-refractivity contribution in [2.24, 2.45) is 5.92 Å². The second kappa shape index (κ2) is 4.78. The zero-order valence-electron chi connectivity index (χ0n) is 9.43. The van der Waals surface area contributed by atoms with Crippen LogP contribution in [0.15, 0.2) is 0 Å². The highest BCUT2D eigenvalue weighted by molar-refractivity contribution is 5.80. The summed E-state index contributed by atoms with van der Waals surface area (Å²) in [5, 5.41) is 3.34. The molecule has 0 heterocycles. The van der Waals surface area contributed by atoms with Crippen LogP contribution in [0.3, 0.4) is 0 Å². The average molecular weight is 199 g/mol. The summed E-state index contributed by atoms with van der Waals surface area (Å²) in [4.78, 5) is 11.6. The predicted molar refractivity (Wildman–Crippen MR) is 56.1 cm³/mol. The van der Waals surface area contributed by atoms with Crippen LogP contribution in [-0.2, 0) is 9.53 Å². The zero-order valence-corrected chi connectivity index (χ0v) is 9.43. The molecule has 82 valence electrons. The van der Waals surface area contributed by atoms with E-state index in [-0.39, 0.29) is 5.97 Å². The van der Waals surface area contributed by atoms with Crippen molar-refractivity contribution in [3.05, 3.63) is 0 Å². The number of rotatable bonds is 6. The Morgan fingerprint density at radius 2 is 2.21 bits per heavy atom. The van der Waals surface area contributed by atoms with Crippen LogP contribution >= 0.6 is 0 Å². The lowest BCUT2D eigenvalue weighted by Crippen LogP contribution is -2.50. The summed E-state index contributed by atoms with van der Waals surface area (Å²) < 4.78 is 4.82. The standard InChI is InChI=1S/C11H21NO2/c1-4-7-11(2,10(13)14-3)12-8-9-5-6-9/h9,12H,4-8H2,1-3H3. The van der Waals surface area contributed by atoms with Crippen molar-refractivity contribution in [1.29, 1.82) is 0 Å². The molecule has 0 aromatic carbocycles. The van der Waals surface area contributed by atoms with Gasteiger partial charge in [-0.05, 0) is 38.6 Å². The van der Waals surface area contributed by atoms with Gasteiger partial charge in [0.15, 0.2) is 0 Å². The number of hydrogen-bond acceptors (Lipinski definition) is 3. The van der Waals surface area contributed by atoms with Gasteiger partial charge < -0.3 is 10.1 Å². The van der Waals surface area contributed by atoms with Crippen LogP contribution in [0.4, 0.5) is 0 Å². The van der Waals surface area contributed by atoms with Crippen molar-refractivity contribution in [3.8, 4) is 0 Å². The SMILES string of the molecule is CCCC(C)(NCC1CC1)C(=O)OC. The number of esters is 1. The molecule has 0 aromatic heterocycles. The van der Waals surface area contributed by atoms with Gasteiger partial charge in [-0.3, -0.25) is 4.79 Å². The molecule has 14 heavy (non-hydrogen) atoms. The topological polar surface area (TPSA) is 38.3 Å². The summed E-state index contributed by atoms with van der Waals surface area (Å²) in [6, 6.07) is 0. The van der Waals surface area contributed by atoms with E-state index in [2.05, 4.69) is 12.2 Å². The van der Waals surface area contributed by atoms with E-state index in [0.29, 0.717) is 0 Å². The van der Waals surface area contributed by atoms with E-state index in [1.165, 1.54) is 20.0 Å². The Morgan fingerprint density at radius 1 is 1.57 bits per heavy atom. The third kappa shape index (κ3) is 2.98. The first-order valence-electron chi connectivity index (χ1n) is 5.46. The molecule has 3 heteroatoms. The molecule has 0 aromatic rings. The highest BCUT2D eigenvalue weighted by Gasteiger charge is 2.34. The second-order valence-corrected chi connectivity index (χ2v) is 4.40. The minimum absolute atomic E-state index is 0.139. The molecule has 0 bridgehead atoms. The van der Waals surface area contributed by atoms with Crippen molar-refractivity contribution >= 4 is 5.97 Å². The van der Waals surface area contributed by atoms with Crippen LogP contribution in [0.2, 0.25) is 0 Å². The summed E-state index contributed by atoms with van der Waals surface area (Å²) in [6.45, 7) is 4.97. The lowest BCUT2D eigenvalue weighted by Gasteiger charge is -2.27. The molecule has 0 amide bonds. The predicted octanol–water partition coefficient (Wildman–Crippen LogP) is 1.72. The summed E-state index contributed by atoms with van der Waals surface area (Å²) in [5.74, 6) is 0.649. The Morgan fingerprint density at radius 3 is 2.64 bits per heavy atom. The molecule has 1 N–H and O–H groups in total. The van der Waals surface area contributed by atoms with Crippen molar-refractivity contribution in [2.45, 2.75) is 45.1 Å². The van der Waals surface area contributed by atoms with Crippen LogP contribution in [0.25, 0.3) is 0 Å². The molecule has 0 spiro atoms. The van der Waals surface area contributed by atoms with Gasteiger partial charge in [-0.25, -0.2) is 0 Å². The van der Waals surface area contributed by atoms with Gasteiger partial charge in [0.05, 0.1) is 7.11 Å². The minimum Gasteiger partial charge on any atom is -0.468 e. The Bertz CT molecular complexity index is 201. The summed E-state index contributed by atoms with van der Waals surface area (Å²) in [6.07, 6.45) is 4.43. The van der Waals surface area contributed by atoms with E-state index in [1.807, 2.05) is 6.92 Å². The first kappa shape index (κ1) is 11.5. The van der Waals surface area contributed by atoms with E-state index in [9.17, 15) is 4.79 Å². The Balaban J connectivity index is 2.44. The zero-order chi connectivity index (χ0) is 10.6. The highest BCUT2D eigenvalue weighted by Crippen LogP contribution is 2.29. The van der Waals surface area contributed by atoms with Gasteiger partial charge in [0, 0.05) is 0 Å². The van der Waals surface area contributed by atoms with Crippen LogP contribution in [0.5, 0.6) is 0 Å². The van der Waals surface area contributed by atoms with E-state index >= 15 is 0 Å². The van der Waals surface area contributed by atoms with Gasteiger partial charge >= 0.3 is 5.97 Å². The molecular formula is C11H21NO2. The lowest BCUT2D eigenvalue weighted by molar-refractivity contribution is -0.148. The summed E-state index contributed by atoms with van der Waals surface area (Å²) >= 11 is 0. The van der Waals surface area contributed by atoms with Gasteiger partial charge in [0.25, 0.3) is 0 Å². The molecule has 1 fully saturated rings. The van der Waals surface area contributed by atoms with Gasteiger partial charge in [0.1, 0.15) is 5.54 Å². The lowest BCUT2D eigenvalue weighted by atomic mass is 9.96. The molecule has 1 aliphatic rings. The Labute approximate surface area is 86.2 Å². The Hall–Kier alpha value is -0.570. The third-order valence-corrected chi connectivity index (χ3v) is 2.86. The molecular weight excluding hydrogens is 178 g/mol. The maximum atomic E-state index is 11.6. The molecule has 0 saturated heterocycles. The number of carbonyl (C=O) groups excluding carboxylic acids is 1. The first-order chi connectivity index (χ1) is 6.62. The fourth-order valence-electron chi connectivity index (χ4n) is 1.68. The largest absolute Gasteiger partial charge is 0.468 e. The van der Waals surface area contributed by atoms with Crippen molar-refractivity contribution < 1.29 is 9.53 Å². The number of hydrogen-bond donors (Lipinski definition) is 1. The minimum atomic E-state index is -0.480. The molecule has 1 atom stereocenters. The first-order valence-corrected chi connectivity index (χ1v) is 5.46. The van der Waals surface area contributed by atoms with Crippen molar-refractivity contribution in [3.63, 3.8) is 0 Å². The molecule has 1 rings (SSSR count). The van der Waals surface area contributed by atoms with Crippen LogP contribution in [0.1, 0.15) is 39.5 Å². The molecule has 0 aliphatic heterocycles. The van der Waals surface area contributed by atoms with E-state index in [4.69, 9.17) is 4.74 Å². The van der Waals surface area contributed by atoms with Gasteiger partial charge in [-0.1, -0.05) is 13.3 Å². The maximum Gasteiger partial charge on any atom is 0.325 e. The van der Waals surface area contributed by atoms with E-state index in [1.54, 1.807) is 0 Å². The van der Waals surface area contributed by atoms with Crippen LogP contribution in [-0.4, -0.2) is 25.2 Å². The van der Waals surface area contributed by atoms with Gasteiger partial charge in [-0.2, -0.15) is 0 Å². The number of methoxy groups -OCH3 is 1. The normalized spacial score (nSPS) is 20.2. The smallest absolute Gasteiger partial charge is 0.325 e. The third-order valence-electron chi connectivity index (χ3n) is 2.86. The number of ether oxygens (including phenoxy) is 1. The van der Waals surface area contributed by atoms with Crippen molar-refractivity contribution in [1.82, 2.24) is 5.32 Å². The van der Waals surface area contributed by atoms with E-state index < -0.39 is 5.54 Å². The van der Waals surface area contributed by atoms with Crippen molar-refractivity contribution in [2.75, 3.05) is 13.7 Å². The average Bonchev–Trinajstić information content (AvgIpc) is 2.97. The molecule has 0 radical (unpaired) electrons. The molecule has 1 aliphatic carbocycles.